The van der Waals surface area contributed by atoms with Gasteiger partial charge in [0.05, 0.1) is 5.56 Å². The van der Waals surface area contributed by atoms with Crippen LogP contribution in [0, 0.1) is 0 Å². The van der Waals surface area contributed by atoms with E-state index in [4.69, 9.17) is 0 Å². The van der Waals surface area contributed by atoms with E-state index in [0.29, 0.717) is 5.56 Å². The summed E-state index contributed by atoms with van der Waals surface area (Å²) >= 11 is 0. The van der Waals surface area contributed by atoms with E-state index in [2.05, 4.69) is 19.9 Å². The van der Waals surface area contributed by atoms with Crippen molar-refractivity contribution in [2.45, 2.75) is 78.1 Å². The molecule has 3 heteroatoms. The topological polar surface area (TPSA) is 37.3 Å². The number of benzene rings is 1. The average molecular weight is 331 g/mol. The minimum atomic E-state index is -0.793. The first kappa shape index (κ1) is 21.9. The van der Waals surface area contributed by atoms with Crippen molar-refractivity contribution in [3.05, 3.63) is 34.9 Å². The van der Waals surface area contributed by atoms with Crippen LogP contribution in [0.3, 0.4) is 0 Å². The van der Waals surface area contributed by atoms with E-state index >= 15 is 0 Å². The molecule has 0 saturated heterocycles. The third-order valence-corrected chi connectivity index (χ3v) is 4.02. The summed E-state index contributed by atoms with van der Waals surface area (Å²) in [7, 11) is 0. The molecule has 0 aliphatic rings. The van der Waals surface area contributed by atoms with Crippen molar-refractivity contribution < 1.29 is 9.90 Å². The second-order valence-corrected chi connectivity index (χ2v) is 5.92. The molecule has 1 aromatic rings. The Hall–Kier alpha value is -0.0503. The van der Waals surface area contributed by atoms with Crippen LogP contribution >= 0.6 is 0 Å². The molecule has 0 spiro atoms. The standard InChI is InChI=1S/C19H30O2.Ca/c1-3-5-7-9-11-16-13-14-18(19(20)21)17(15-16)12-10-8-6-4-2;/h13-15H,3-12H2,1-2H3,(H,20,21);. The number of carboxylic acids is 1. The number of aryl methyl sites for hydroxylation is 2. The largest absolute Gasteiger partial charge is 0.478 e. The van der Waals surface area contributed by atoms with Crippen LogP contribution < -0.4 is 0 Å². The number of rotatable bonds is 11. The van der Waals surface area contributed by atoms with Crippen molar-refractivity contribution in [3.63, 3.8) is 0 Å². The van der Waals surface area contributed by atoms with Crippen LogP contribution in [0.2, 0.25) is 0 Å². The fraction of sp³-hybridized carbons (Fsp3) is 0.632. The average Bonchev–Trinajstić information content (AvgIpc) is 2.48. The molecule has 0 heterocycles. The maximum atomic E-state index is 11.3. The molecule has 0 fully saturated rings. The Morgan fingerprint density at radius 1 is 0.909 bits per heavy atom. The molecule has 2 radical (unpaired) electrons. The van der Waals surface area contributed by atoms with Gasteiger partial charge in [-0.25, -0.2) is 4.79 Å². The number of aromatic carboxylic acids is 1. The minimum absolute atomic E-state index is 0. The van der Waals surface area contributed by atoms with Gasteiger partial charge in [-0.05, 0) is 42.9 Å². The number of hydrogen-bond donors (Lipinski definition) is 1. The molecule has 0 aromatic heterocycles. The van der Waals surface area contributed by atoms with Gasteiger partial charge in [0, 0.05) is 37.7 Å². The predicted octanol–water partition coefficient (Wildman–Crippen LogP) is 5.25. The van der Waals surface area contributed by atoms with E-state index in [9.17, 15) is 9.90 Å². The van der Waals surface area contributed by atoms with E-state index in [1.54, 1.807) is 6.07 Å². The van der Waals surface area contributed by atoms with Crippen LogP contribution in [0.1, 0.15) is 86.7 Å². The monoisotopic (exact) mass is 330 g/mol. The first-order valence-corrected chi connectivity index (χ1v) is 8.54. The molecule has 0 unspecified atom stereocenters. The number of unbranched alkanes of at least 4 members (excludes halogenated alkanes) is 6. The molecule has 22 heavy (non-hydrogen) atoms. The zero-order valence-corrected chi connectivity index (χ0v) is 16.6. The van der Waals surface area contributed by atoms with Crippen molar-refractivity contribution in [2.24, 2.45) is 0 Å². The molecular formula is C19H30CaO2. The van der Waals surface area contributed by atoms with Gasteiger partial charge in [-0.2, -0.15) is 0 Å². The summed E-state index contributed by atoms with van der Waals surface area (Å²) < 4.78 is 0. The van der Waals surface area contributed by atoms with Gasteiger partial charge < -0.3 is 5.11 Å². The number of hydrogen-bond acceptors (Lipinski definition) is 1. The quantitative estimate of drug-likeness (QED) is 0.444. The number of carboxylic acid groups (broad SMARTS) is 1. The van der Waals surface area contributed by atoms with E-state index in [1.807, 2.05) is 6.07 Å². The third-order valence-electron chi connectivity index (χ3n) is 4.02. The molecule has 1 rings (SSSR count). The summed E-state index contributed by atoms with van der Waals surface area (Å²) in [6.07, 6.45) is 11.7. The Morgan fingerprint density at radius 2 is 1.50 bits per heavy atom. The summed E-state index contributed by atoms with van der Waals surface area (Å²) in [5.41, 5.74) is 2.80. The molecule has 0 aliphatic heterocycles. The van der Waals surface area contributed by atoms with Crippen LogP contribution in [0.4, 0.5) is 0 Å². The fourth-order valence-electron chi connectivity index (χ4n) is 2.72. The second-order valence-electron chi connectivity index (χ2n) is 5.92. The Balaban J connectivity index is 0.00000441. The summed E-state index contributed by atoms with van der Waals surface area (Å²) in [4.78, 5) is 11.3. The maximum absolute atomic E-state index is 11.3. The summed E-state index contributed by atoms with van der Waals surface area (Å²) in [5.74, 6) is -0.793. The van der Waals surface area contributed by atoms with Crippen LogP contribution in [-0.2, 0) is 12.8 Å². The summed E-state index contributed by atoms with van der Waals surface area (Å²) in [6, 6.07) is 5.92. The smallest absolute Gasteiger partial charge is 0.335 e. The molecule has 0 amide bonds. The molecule has 0 aliphatic carbocycles. The molecule has 0 atom stereocenters. The van der Waals surface area contributed by atoms with Gasteiger partial charge in [0.1, 0.15) is 0 Å². The van der Waals surface area contributed by atoms with Crippen molar-refractivity contribution in [1.82, 2.24) is 0 Å². The fourth-order valence-corrected chi connectivity index (χ4v) is 2.72. The zero-order valence-electron chi connectivity index (χ0n) is 14.4. The second kappa shape index (κ2) is 13.4. The first-order valence-electron chi connectivity index (χ1n) is 8.54. The Kier molecular flexibility index (Phi) is 13.4. The Labute approximate surface area is 165 Å². The van der Waals surface area contributed by atoms with E-state index in [1.165, 1.54) is 50.5 Å². The maximum Gasteiger partial charge on any atom is 0.335 e. The zero-order chi connectivity index (χ0) is 15.5. The third kappa shape index (κ3) is 8.55. The molecule has 1 aromatic carbocycles. The van der Waals surface area contributed by atoms with Crippen LogP contribution in [0.5, 0.6) is 0 Å². The Bertz CT molecular complexity index is 429. The van der Waals surface area contributed by atoms with Crippen molar-refractivity contribution in [1.29, 1.82) is 0 Å². The van der Waals surface area contributed by atoms with Crippen molar-refractivity contribution in [2.75, 3.05) is 0 Å². The number of carbonyl (C=O) groups is 1. The van der Waals surface area contributed by atoms with Gasteiger partial charge in [0.25, 0.3) is 0 Å². The van der Waals surface area contributed by atoms with Gasteiger partial charge in [-0.15, -0.1) is 0 Å². The molecule has 0 bridgehead atoms. The van der Waals surface area contributed by atoms with Crippen molar-refractivity contribution >= 4 is 43.7 Å². The molecule has 2 nitrogen and oxygen atoms in total. The van der Waals surface area contributed by atoms with Gasteiger partial charge in [-0.3, -0.25) is 0 Å². The first-order chi connectivity index (χ1) is 10.2. The molecular weight excluding hydrogens is 300 g/mol. The minimum Gasteiger partial charge on any atom is -0.478 e. The van der Waals surface area contributed by atoms with Crippen LogP contribution in [0.15, 0.2) is 18.2 Å². The van der Waals surface area contributed by atoms with Crippen LogP contribution in [0.25, 0.3) is 0 Å². The van der Waals surface area contributed by atoms with Crippen LogP contribution in [-0.4, -0.2) is 48.8 Å². The molecule has 0 saturated carbocycles. The normalized spacial score (nSPS) is 10.3. The summed E-state index contributed by atoms with van der Waals surface area (Å²) in [6.45, 7) is 4.41. The van der Waals surface area contributed by atoms with Gasteiger partial charge in [0.2, 0.25) is 0 Å². The molecule has 1 N–H and O–H groups in total. The van der Waals surface area contributed by atoms with E-state index < -0.39 is 5.97 Å². The van der Waals surface area contributed by atoms with Crippen molar-refractivity contribution in [3.8, 4) is 0 Å². The van der Waals surface area contributed by atoms with Gasteiger partial charge >= 0.3 is 5.97 Å². The van der Waals surface area contributed by atoms with E-state index in [-0.39, 0.29) is 37.7 Å². The van der Waals surface area contributed by atoms with E-state index in [0.717, 1.165) is 24.8 Å². The SMILES string of the molecule is CCCCCCc1ccc(C(=O)O)c(CCCCCC)c1.[Ca]. The Morgan fingerprint density at radius 3 is 2.05 bits per heavy atom. The summed E-state index contributed by atoms with van der Waals surface area (Å²) in [5, 5.41) is 9.31. The predicted molar refractivity (Wildman–Crippen MR) is 94.8 cm³/mol. The van der Waals surface area contributed by atoms with Gasteiger partial charge in [-0.1, -0.05) is 64.5 Å². The van der Waals surface area contributed by atoms with Gasteiger partial charge in [0.15, 0.2) is 0 Å². The molecule has 120 valence electrons.